The van der Waals surface area contributed by atoms with Crippen LogP contribution >= 0.6 is 0 Å². The minimum atomic E-state index is -0.506. The second-order valence-electron chi connectivity index (χ2n) is 5.55. The van der Waals surface area contributed by atoms with E-state index in [1.54, 1.807) is 18.2 Å². The van der Waals surface area contributed by atoms with Gasteiger partial charge in [0.25, 0.3) is 0 Å². The van der Waals surface area contributed by atoms with Crippen molar-refractivity contribution in [2.75, 3.05) is 19.7 Å². The summed E-state index contributed by atoms with van der Waals surface area (Å²) in [6, 6.07) is 6.48. The quantitative estimate of drug-likeness (QED) is 0.807. The molecule has 3 atom stereocenters. The Labute approximate surface area is 117 Å². The highest BCUT2D eigenvalue weighted by Gasteiger charge is 2.43. The van der Waals surface area contributed by atoms with Gasteiger partial charge in [0.05, 0.1) is 12.7 Å². The molecule has 0 aromatic heterocycles. The lowest BCUT2D eigenvalue weighted by Crippen LogP contribution is -2.36. The van der Waals surface area contributed by atoms with Gasteiger partial charge in [0.2, 0.25) is 0 Å². The molecular formula is C15H19NO4. The van der Waals surface area contributed by atoms with E-state index in [9.17, 15) is 15.0 Å². The Kier molecular flexibility index (Phi) is 3.63. The molecule has 1 aromatic carbocycles. The molecule has 2 aliphatic heterocycles. The van der Waals surface area contributed by atoms with E-state index >= 15 is 0 Å². The zero-order valence-electron chi connectivity index (χ0n) is 11.2. The highest BCUT2D eigenvalue weighted by atomic mass is 16.5. The molecule has 0 amide bonds. The topological polar surface area (TPSA) is 70.0 Å². The van der Waals surface area contributed by atoms with Gasteiger partial charge >= 0.3 is 5.97 Å². The minimum absolute atomic E-state index is 0.0635. The molecule has 2 fully saturated rings. The highest BCUT2D eigenvalue weighted by Crippen LogP contribution is 2.33. The molecule has 5 heteroatoms. The number of para-hydroxylation sites is 1. The molecular weight excluding hydrogens is 258 g/mol. The summed E-state index contributed by atoms with van der Waals surface area (Å²) in [6.45, 7) is 2.18. The maximum Gasteiger partial charge on any atom is 0.341 e. The molecule has 0 radical (unpaired) electrons. The Morgan fingerprint density at radius 2 is 2.05 bits per heavy atom. The van der Waals surface area contributed by atoms with Crippen LogP contribution in [0.4, 0.5) is 0 Å². The fourth-order valence-electron chi connectivity index (χ4n) is 3.33. The van der Waals surface area contributed by atoms with Crippen molar-refractivity contribution in [2.24, 2.45) is 5.92 Å². The fourth-order valence-corrected chi connectivity index (χ4v) is 3.33. The van der Waals surface area contributed by atoms with Crippen molar-refractivity contribution in [3.05, 3.63) is 29.8 Å². The van der Waals surface area contributed by atoms with E-state index in [0.717, 1.165) is 25.9 Å². The molecule has 2 aliphatic rings. The number of aromatic hydroxyl groups is 1. The van der Waals surface area contributed by atoms with Crippen LogP contribution in [0.15, 0.2) is 24.3 Å². The number of esters is 1. The molecule has 108 valence electrons. The van der Waals surface area contributed by atoms with Gasteiger partial charge in [0, 0.05) is 18.5 Å². The first-order chi connectivity index (χ1) is 9.66. The molecule has 1 aromatic rings. The predicted molar refractivity (Wildman–Crippen MR) is 72.5 cm³/mol. The molecule has 3 rings (SSSR count). The van der Waals surface area contributed by atoms with E-state index in [-0.39, 0.29) is 29.4 Å². The first-order valence-electron chi connectivity index (χ1n) is 7.04. The number of fused-ring (bicyclic) bond motifs is 1. The average Bonchev–Trinajstić information content (AvgIpc) is 3.00. The molecule has 2 saturated heterocycles. The number of rotatable bonds is 3. The van der Waals surface area contributed by atoms with Crippen LogP contribution in [0.25, 0.3) is 0 Å². The molecule has 0 saturated carbocycles. The van der Waals surface area contributed by atoms with Crippen LogP contribution in [0.1, 0.15) is 23.2 Å². The summed E-state index contributed by atoms with van der Waals surface area (Å²) in [5.74, 6) is -0.386. The van der Waals surface area contributed by atoms with E-state index in [0.29, 0.717) is 6.61 Å². The van der Waals surface area contributed by atoms with E-state index in [4.69, 9.17) is 4.74 Å². The van der Waals surface area contributed by atoms with E-state index in [1.807, 2.05) is 0 Å². The zero-order valence-corrected chi connectivity index (χ0v) is 11.2. The van der Waals surface area contributed by atoms with Gasteiger partial charge in [0.15, 0.2) is 0 Å². The summed E-state index contributed by atoms with van der Waals surface area (Å²) in [4.78, 5) is 14.2. The molecule has 20 heavy (non-hydrogen) atoms. The third-order valence-electron chi connectivity index (χ3n) is 4.35. The van der Waals surface area contributed by atoms with Gasteiger partial charge in [-0.05, 0) is 31.5 Å². The molecule has 2 heterocycles. The number of phenols is 1. The van der Waals surface area contributed by atoms with Crippen molar-refractivity contribution in [3.63, 3.8) is 0 Å². The summed E-state index contributed by atoms with van der Waals surface area (Å²) >= 11 is 0. The monoisotopic (exact) mass is 277 g/mol. The number of hydrogen-bond acceptors (Lipinski definition) is 5. The number of carbonyl (C=O) groups excluding carboxylic acids is 1. The van der Waals surface area contributed by atoms with Crippen LogP contribution in [-0.2, 0) is 4.74 Å². The molecule has 5 nitrogen and oxygen atoms in total. The van der Waals surface area contributed by atoms with Gasteiger partial charge in [-0.2, -0.15) is 0 Å². The summed E-state index contributed by atoms with van der Waals surface area (Å²) < 4.78 is 5.31. The number of aliphatic hydroxyl groups is 1. The highest BCUT2D eigenvalue weighted by molar-refractivity contribution is 5.92. The van der Waals surface area contributed by atoms with Crippen molar-refractivity contribution in [3.8, 4) is 5.75 Å². The van der Waals surface area contributed by atoms with Crippen molar-refractivity contribution >= 4 is 5.97 Å². The Balaban J connectivity index is 1.60. The summed E-state index contributed by atoms with van der Waals surface area (Å²) in [5.41, 5.74) is 0.189. The molecule has 0 bridgehead atoms. The van der Waals surface area contributed by atoms with Crippen LogP contribution in [0, 0.1) is 5.92 Å². The smallest absolute Gasteiger partial charge is 0.341 e. The number of nitrogens with zero attached hydrogens (tertiary/aromatic N) is 1. The van der Waals surface area contributed by atoms with E-state index in [2.05, 4.69) is 4.90 Å². The van der Waals surface area contributed by atoms with Crippen molar-refractivity contribution < 1.29 is 19.7 Å². The lowest BCUT2D eigenvalue weighted by molar-refractivity contribution is 0.0337. The van der Waals surface area contributed by atoms with Gasteiger partial charge in [-0.15, -0.1) is 0 Å². The Morgan fingerprint density at radius 3 is 2.85 bits per heavy atom. The maximum absolute atomic E-state index is 11.9. The zero-order chi connectivity index (χ0) is 14.1. The SMILES string of the molecule is O=C(OCC1CCN2CCC(O)C12)c1ccccc1O. The number of benzene rings is 1. The molecule has 0 spiro atoms. The van der Waals surface area contributed by atoms with Gasteiger partial charge in [0.1, 0.15) is 11.3 Å². The fraction of sp³-hybridized carbons (Fsp3) is 0.533. The average molecular weight is 277 g/mol. The van der Waals surface area contributed by atoms with Crippen LogP contribution in [0.5, 0.6) is 5.75 Å². The van der Waals surface area contributed by atoms with Gasteiger partial charge < -0.3 is 14.9 Å². The Bertz CT molecular complexity index is 504. The minimum Gasteiger partial charge on any atom is -0.507 e. The standard InChI is InChI=1S/C15H19NO4/c17-12-4-2-1-3-11(12)15(19)20-9-10-5-7-16-8-6-13(18)14(10)16/h1-4,10,13-14,17-18H,5-9H2. The van der Waals surface area contributed by atoms with Crippen molar-refractivity contribution in [1.29, 1.82) is 0 Å². The number of ether oxygens (including phenoxy) is 1. The summed E-state index contributed by atoms with van der Waals surface area (Å²) in [6.07, 6.45) is 1.43. The maximum atomic E-state index is 11.9. The van der Waals surface area contributed by atoms with E-state index < -0.39 is 5.97 Å². The third kappa shape index (κ3) is 2.39. The van der Waals surface area contributed by atoms with Gasteiger partial charge in [-0.3, -0.25) is 4.90 Å². The molecule has 2 N–H and O–H groups in total. The Hall–Kier alpha value is -1.59. The second kappa shape index (κ2) is 5.42. The molecule has 0 aliphatic carbocycles. The van der Waals surface area contributed by atoms with Crippen LogP contribution < -0.4 is 0 Å². The summed E-state index contributed by atoms with van der Waals surface area (Å²) in [5, 5.41) is 19.6. The summed E-state index contributed by atoms with van der Waals surface area (Å²) in [7, 11) is 0. The van der Waals surface area contributed by atoms with Crippen molar-refractivity contribution in [1.82, 2.24) is 4.90 Å². The lowest BCUT2D eigenvalue weighted by atomic mass is 9.97. The normalized spacial score (nSPS) is 29.4. The third-order valence-corrected chi connectivity index (χ3v) is 4.35. The Morgan fingerprint density at radius 1 is 1.30 bits per heavy atom. The first kappa shape index (κ1) is 13.4. The van der Waals surface area contributed by atoms with Gasteiger partial charge in [-0.25, -0.2) is 4.79 Å². The first-order valence-corrected chi connectivity index (χ1v) is 7.04. The molecule has 3 unspecified atom stereocenters. The van der Waals surface area contributed by atoms with E-state index in [1.165, 1.54) is 6.07 Å². The number of hydrogen-bond donors (Lipinski definition) is 2. The second-order valence-corrected chi connectivity index (χ2v) is 5.55. The largest absolute Gasteiger partial charge is 0.507 e. The van der Waals surface area contributed by atoms with Crippen molar-refractivity contribution in [2.45, 2.75) is 25.0 Å². The number of carbonyl (C=O) groups is 1. The number of aliphatic hydroxyl groups excluding tert-OH is 1. The number of phenolic OH excluding ortho intramolecular Hbond substituents is 1. The van der Waals surface area contributed by atoms with Crippen LogP contribution in [0.2, 0.25) is 0 Å². The predicted octanol–water partition coefficient (Wildman–Crippen LogP) is 1.00. The lowest BCUT2D eigenvalue weighted by Gasteiger charge is -2.23. The van der Waals surface area contributed by atoms with Crippen LogP contribution in [0.3, 0.4) is 0 Å². The van der Waals surface area contributed by atoms with Crippen LogP contribution in [-0.4, -0.2) is 52.9 Å². The van der Waals surface area contributed by atoms with Gasteiger partial charge in [-0.1, -0.05) is 12.1 Å².